The number of fused-ring (bicyclic) bond motifs is 4. The van der Waals surface area contributed by atoms with Gasteiger partial charge in [-0.3, -0.25) is 0 Å². The fourth-order valence-corrected chi connectivity index (χ4v) is 4.58. The van der Waals surface area contributed by atoms with Gasteiger partial charge in [0.05, 0.1) is 0 Å². The van der Waals surface area contributed by atoms with E-state index in [-0.39, 0.29) is 24.8 Å². The number of halogens is 2. The first kappa shape index (κ1) is 17.0. The first-order valence-corrected chi connectivity index (χ1v) is 7.74. The number of allylic oxidation sites excluding steroid dienone is 1. The molecule has 1 aliphatic carbocycles. The number of hydrogen-bond donors (Lipinski definition) is 0. The monoisotopic (exact) mass is 393 g/mol. The molecule has 1 heterocycles. The molecule has 0 N–H and O–H groups in total. The summed E-state index contributed by atoms with van der Waals surface area (Å²) in [5, 5.41) is 0. The van der Waals surface area contributed by atoms with E-state index in [0.717, 1.165) is 8.85 Å². The van der Waals surface area contributed by atoms with E-state index in [9.17, 15) is 0 Å². The van der Waals surface area contributed by atoms with Crippen molar-refractivity contribution in [1.82, 2.24) is 2.43 Å². The molecule has 0 aromatic heterocycles. The van der Waals surface area contributed by atoms with E-state index in [1.54, 1.807) is 5.57 Å². The topological polar surface area (TPSA) is 0 Å². The molecule has 1 nitrogen and oxygen atoms in total. The molecule has 0 spiro atoms. The van der Waals surface area contributed by atoms with Gasteiger partial charge in [0.15, 0.2) is 0 Å². The molecule has 21 heavy (non-hydrogen) atoms. The van der Waals surface area contributed by atoms with Crippen LogP contribution in [0.2, 0.25) is 0 Å². The van der Waals surface area contributed by atoms with E-state index in [2.05, 4.69) is 56.4 Å². The predicted octanol–water partition coefficient (Wildman–Crippen LogP) is -2.16. The fraction of sp³-hybridized carbons (Fsp3) is 0.176. The average molecular weight is 395 g/mol. The number of hydrogen-bond acceptors (Lipinski definition) is 0. The van der Waals surface area contributed by atoms with Crippen LogP contribution in [0, 0.1) is 6.92 Å². The summed E-state index contributed by atoms with van der Waals surface area (Å²) in [6.45, 7) is 2.19. The molecule has 2 aromatic carbocycles. The van der Waals surface area contributed by atoms with Crippen LogP contribution in [-0.4, -0.2) is 7.05 Å². The Kier molecular flexibility index (Phi) is 4.58. The van der Waals surface area contributed by atoms with Crippen LogP contribution in [0.3, 0.4) is 0 Å². The summed E-state index contributed by atoms with van der Waals surface area (Å²) in [6, 6.07) is 15.8. The maximum absolute atomic E-state index is 2.37. The third-order valence-electron chi connectivity index (χ3n) is 4.33. The van der Waals surface area contributed by atoms with E-state index >= 15 is 0 Å². The molecule has 0 amide bonds. The van der Waals surface area contributed by atoms with Crippen LogP contribution >= 0.6 is 0 Å². The normalized spacial score (nSPS) is 21.0. The van der Waals surface area contributed by atoms with Crippen LogP contribution in [0.25, 0.3) is 11.3 Å². The Balaban J connectivity index is 0.000000807. The van der Waals surface area contributed by atoms with Gasteiger partial charge in [0, 0.05) is 0 Å². The van der Waals surface area contributed by atoms with Crippen molar-refractivity contribution in [1.29, 1.82) is 0 Å². The predicted molar refractivity (Wildman–Crippen MR) is 75.9 cm³/mol. The Morgan fingerprint density at radius 1 is 1.00 bits per heavy atom. The Labute approximate surface area is 153 Å². The molecule has 4 heteroatoms. The van der Waals surface area contributed by atoms with Crippen molar-refractivity contribution in [2.24, 2.45) is 0 Å². The van der Waals surface area contributed by atoms with Gasteiger partial charge in [-0.2, -0.15) is 0 Å². The summed E-state index contributed by atoms with van der Waals surface area (Å²) in [6.07, 6.45) is 1.10. The average Bonchev–Trinajstić information content (AvgIpc) is 2.86. The third-order valence-corrected chi connectivity index (χ3v) is 5.47. The fourth-order valence-electron chi connectivity index (χ4n) is 3.48. The maximum Gasteiger partial charge on any atom is -1.00 e. The minimum Gasteiger partial charge on any atom is -1.00 e. The van der Waals surface area contributed by atoms with Gasteiger partial charge < -0.3 is 24.8 Å². The Bertz CT molecular complexity index is 750. The second-order valence-corrected chi connectivity index (χ2v) is 7.89. The zero-order valence-corrected chi connectivity index (χ0v) is 15.9. The quantitative estimate of drug-likeness (QED) is 0.477. The summed E-state index contributed by atoms with van der Waals surface area (Å²) in [7, 11) is 2.34. The van der Waals surface area contributed by atoms with Crippen LogP contribution in [0.1, 0.15) is 22.3 Å². The van der Waals surface area contributed by atoms with Crippen LogP contribution in [0.4, 0.5) is 5.69 Å². The standard InChI is InChI=1S/C17H15N.2ClH.Zr/c1-11-7-8-16-14(9-11)15-10-12-5-3-4-6-13(12)17(15)18(16)2;;;/h3-9H,10H2,1-2H3;2*1H;/q;;;+1/p-2. The maximum atomic E-state index is 2.37. The van der Waals surface area contributed by atoms with Crippen LogP contribution < -0.4 is 27.2 Å². The van der Waals surface area contributed by atoms with Gasteiger partial charge in [-0.25, -0.2) is 0 Å². The summed E-state index contributed by atoms with van der Waals surface area (Å²) < 4.78 is 0.967. The molecular weight excluding hydrogens is 380 g/mol. The first-order valence-electron chi connectivity index (χ1n) is 6.64. The zero-order chi connectivity index (χ0) is 13.2. The molecule has 0 saturated carbocycles. The van der Waals surface area contributed by atoms with Gasteiger partial charge in [0.25, 0.3) is 0 Å². The van der Waals surface area contributed by atoms with Crippen molar-refractivity contribution in [3.05, 3.63) is 64.7 Å². The van der Waals surface area contributed by atoms with Gasteiger partial charge in [0.1, 0.15) is 0 Å². The number of nitrogens with zero attached hydrogens (tertiary/aromatic N) is 1. The van der Waals surface area contributed by atoms with Crippen molar-refractivity contribution in [3.8, 4) is 0 Å². The molecule has 2 aromatic rings. The second kappa shape index (κ2) is 5.67. The number of rotatable bonds is 0. The minimum absolute atomic E-state index is 0. The van der Waals surface area contributed by atoms with Gasteiger partial charge in [-0.15, -0.1) is 0 Å². The van der Waals surface area contributed by atoms with Gasteiger partial charge in [0.2, 0.25) is 0 Å². The van der Waals surface area contributed by atoms with Crippen molar-refractivity contribution < 1.29 is 49.8 Å². The van der Waals surface area contributed by atoms with Crippen LogP contribution in [0.15, 0.2) is 42.5 Å². The SMILES string of the molecule is Cc1ccc2c(c1)C1=C(c3ccccc3C1)[N+]2(C)[Zr].[Cl-].[Cl-]. The van der Waals surface area contributed by atoms with E-state index in [1.165, 1.54) is 58.6 Å². The van der Waals surface area contributed by atoms with Crippen molar-refractivity contribution >= 4 is 17.0 Å². The van der Waals surface area contributed by atoms with Gasteiger partial charge in [-0.1, -0.05) is 0 Å². The van der Waals surface area contributed by atoms with Crippen molar-refractivity contribution in [2.75, 3.05) is 7.05 Å². The second-order valence-electron chi connectivity index (χ2n) is 5.69. The van der Waals surface area contributed by atoms with Crippen LogP contribution in [0.5, 0.6) is 0 Å². The molecular formula is C17H15Cl2NZr-. The van der Waals surface area contributed by atoms with Crippen molar-refractivity contribution in [3.63, 3.8) is 0 Å². The van der Waals surface area contributed by atoms with Gasteiger partial charge in [-0.05, 0) is 0 Å². The van der Waals surface area contributed by atoms with Crippen LogP contribution in [-0.2, 0) is 31.4 Å². The molecule has 0 saturated heterocycles. The third kappa shape index (κ3) is 2.28. The largest absolute Gasteiger partial charge is 1.00 e. The molecule has 2 aliphatic rings. The molecule has 0 bridgehead atoms. The van der Waals surface area contributed by atoms with E-state index in [4.69, 9.17) is 0 Å². The zero-order valence-electron chi connectivity index (χ0n) is 12.0. The van der Waals surface area contributed by atoms with E-state index < -0.39 is 0 Å². The van der Waals surface area contributed by atoms with E-state index in [1.807, 2.05) is 0 Å². The summed E-state index contributed by atoms with van der Waals surface area (Å²) in [5.74, 6) is 0. The van der Waals surface area contributed by atoms with E-state index in [0.29, 0.717) is 0 Å². The molecule has 1 unspecified atom stereocenters. The summed E-state index contributed by atoms with van der Waals surface area (Å²) >= 11 is 1.53. The van der Waals surface area contributed by atoms with Crippen molar-refractivity contribution in [2.45, 2.75) is 13.3 Å². The smallest absolute Gasteiger partial charge is 1.00 e. The number of quaternary nitrogens is 1. The number of aryl methyl sites for hydroxylation is 1. The number of benzene rings is 2. The Morgan fingerprint density at radius 2 is 1.71 bits per heavy atom. The van der Waals surface area contributed by atoms with Gasteiger partial charge >= 0.3 is 130 Å². The summed E-state index contributed by atoms with van der Waals surface area (Å²) in [4.78, 5) is 0. The first-order chi connectivity index (χ1) is 9.09. The molecule has 107 valence electrons. The summed E-state index contributed by atoms with van der Waals surface area (Å²) in [5.41, 5.74) is 10.4. The minimum atomic E-state index is 0. The molecule has 0 fully saturated rings. The Morgan fingerprint density at radius 3 is 2.48 bits per heavy atom. The molecule has 4 rings (SSSR count). The molecule has 0 radical (unpaired) electrons. The Hall–Kier alpha value is -0.397. The molecule has 1 aliphatic heterocycles. The molecule has 1 atom stereocenters.